The number of nitrogens with zero attached hydrogens (tertiary/aromatic N) is 2. The first kappa shape index (κ1) is 13.0. The number of rotatable bonds is 2. The minimum atomic E-state index is -0.401. The van der Waals surface area contributed by atoms with Gasteiger partial charge in [-0.1, -0.05) is 6.07 Å². The fraction of sp³-hybridized carbons (Fsp3) is 0.143. The first-order chi connectivity index (χ1) is 9.00. The highest BCUT2D eigenvalue weighted by Crippen LogP contribution is 2.22. The van der Waals surface area contributed by atoms with Crippen LogP contribution in [0.3, 0.4) is 0 Å². The molecule has 0 aliphatic heterocycles. The molecule has 2 N–H and O–H groups in total. The lowest BCUT2D eigenvalue weighted by molar-refractivity contribution is 0.0992. The zero-order chi connectivity index (χ0) is 14.0. The van der Waals surface area contributed by atoms with Crippen LogP contribution in [-0.4, -0.2) is 17.9 Å². The Morgan fingerprint density at radius 1 is 1.37 bits per heavy atom. The van der Waals surface area contributed by atoms with Gasteiger partial charge in [0.2, 0.25) is 0 Å². The largest absolute Gasteiger partial charge is 0.396 e. The Balaban J connectivity index is 2.34. The molecule has 0 radical (unpaired) electrons. The third-order valence-electron chi connectivity index (χ3n) is 2.91. The number of halogens is 1. The van der Waals surface area contributed by atoms with Gasteiger partial charge in [-0.05, 0) is 30.7 Å². The molecule has 0 saturated carbocycles. The average molecular weight is 259 g/mol. The van der Waals surface area contributed by atoms with E-state index in [0.717, 1.165) is 0 Å². The average Bonchev–Trinajstić information content (AvgIpc) is 2.41. The monoisotopic (exact) mass is 259 g/mol. The molecule has 1 aromatic carbocycles. The van der Waals surface area contributed by atoms with E-state index in [1.54, 1.807) is 38.4 Å². The number of hydrogen-bond acceptors (Lipinski definition) is 3. The summed E-state index contributed by atoms with van der Waals surface area (Å²) in [5.41, 5.74) is 7.48. The van der Waals surface area contributed by atoms with Crippen LogP contribution < -0.4 is 10.6 Å². The van der Waals surface area contributed by atoms with Gasteiger partial charge in [-0.3, -0.25) is 9.78 Å². The van der Waals surface area contributed by atoms with Gasteiger partial charge in [0.25, 0.3) is 5.91 Å². The van der Waals surface area contributed by atoms with E-state index in [4.69, 9.17) is 5.73 Å². The second-order valence-corrected chi connectivity index (χ2v) is 4.26. The molecule has 1 heterocycles. The predicted octanol–water partition coefficient (Wildman–Crippen LogP) is 2.39. The van der Waals surface area contributed by atoms with E-state index in [2.05, 4.69) is 4.98 Å². The normalized spacial score (nSPS) is 10.3. The third kappa shape index (κ3) is 2.54. The van der Waals surface area contributed by atoms with E-state index in [1.165, 1.54) is 17.2 Å². The third-order valence-corrected chi connectivity index (χ3v) is 2.91. The number of pyridine rings is 1. The molecule has 1 aromatic heterocycles. The van der Waals surface area contributed by atoms with Gasteiger partial charge in [0.05, 0.1) is 17.6 Å². The van der Waals surface area contributed by atoms with E-state index in [1.807, 2.05) is 0 Å². The lowest BCUT2D eigenvalue weighted by atomic mass is 10.1. The van der Waals surface area contributed by atoms with Crippen LogP contribution in [0.15, 0.2) is 36.7 Å². The van der Waals surface area contributed by atoms with Crippen molar-refractivity contribution in [1.29, 1.82) is 0 Å². The van der Waals surface area contributed by atoms with Gasteiger partial charge >= 0.3 is 0 Å². The predicted molar refractivity (Wildman–Crippen MR) is 72.5 cm³/mol. The lowest BCUT2D eigenvalue weighted by Gasteiger charge is -2.19. The van der Waals surface area contributed by atoms with Gasteiger partial charge in [-0.25, -0.2) is 4.39 Å². The van der Waals surface area contributed by atoms with Crippen LogP contribution in [-0.2, 0) is 0 Å². The SMILES string of the molecule is Cc1ccc(C(=O)N(C)c2ccncc2N)cc1F. The standard InChI is InChI=1S/C14H14FN3O/c1-9-3-4-10(7-11(9)15)14(19)18(2)13-5-6-17-8-12(13)16/h3-8H,16H2,1-2H3. The first-order valence-corrected chi connectivity index (χ1v) is 5.74. The summed E-state index contributed by atoms with van der Waals surface area (Å²) in [7, 11) is 1.59. The van der Waals surface area contributed by atoms with Crippen molar-refractivity contribution >= 4 is 17.3 Å². The number of aromatic nitrogens is 1. The molecule has 0 aliphatic carbocycles. The van der Waals surface area contributed by atoms with Gasteiger partial charge in [0.15, 0.2) is 0 Å². The number of nitrogen functional groups attached to an aromatic ring is 1. The highest BCUT2D eigenvalue weighted by molar-refractivity contribution is 6.07. The Morgan fingerprint density at radius 3 is 2.74 bits per heavy atom. The van der Waals surface area contributed by atoms with E-state index in [0.29, 0.717) is 16.9 Å². The number of anilines is 2. The highest BCUT2D eigenvalue weighted by atomic mass is 19.1. The van der Waals surface area contributed by atoms with Crippen LogP contribution in [0.5, 0.6) is 0 Å². The van der Waals surface area contributed by atoms with Crippen LogP contribution in [0.25, 0.3) is 0 Å². The van der Waals surface area contributed by atoms with Crippen LogP contribution >= 0.6 is 0 Å². The minimum Gasteiger partial charge on any atom is -0.396 e. The van der Waals surface area contributed by atoms with E-state index in [9.17, 15) is 9.18 Å². The molecule has 0 bridgehead atoms. The molecule has 19 heavy (non-hydrogen) atoms. The number of carbonyl (C=O) groups excluding carboxylic acids is 1. The maximum atomic E-state index is 13.5. The van der Waals surface area contributed by atoms with Crippen LogP contribution in [0, 0.1) is 12.7 Å². The summed E-state index contributed by atoms with van der Waals surface area (Å²) in [4.78, 5) is 17.5. The second kappa shape index (κ2) is 5.06. The van der Waals surface area contributed by atoms with E-state index in [-0.39, 0.29) is 11.5 Å². The molecule has 2 aromatic rings. The number of hydrogen-bond donors (Lipinski definition) is 1. The van der Waals surface area contributed by atoms with Gasteiger partial charge < -0.3 is 10.6 Å². The smallest absolute Gasteiger partial charge is 0.258 e. The Kier molecular flexibility index (Phi) is 3.46. The molecule has 0 fully saturated rings. The number of amides is 1. The van der Waals surface area contributed by atoms with Crippen molar-refractivity contribution in [2.45, 2.75) is 6.92 Å². The molecule has 2 rings (SSSR count). The molecule has 0 aliphatic rings. The van der Waals surface area contributed by atoms with Crippen molar-refractivity contribution in [2.24, 2.45) is 0 Å². The van der Waals surface area contributed by atoms with Crippen molar-refractivity contribution in [3.05, 3.63) is 53.6 Å². The Morgan fingerprint density at radius 2 is 2.11 bits per heavy atom. The highest BCUT2D eigenvalue weighted by Gasteiger charge is 2.16. The summed E-state index contributed by atoms with van der Waals surface area (Å²) in [5, 5.41) is 0. The van der Waals surface area contributed by atoms with Gasteiger partial charge in [-0.15, -0.1) is 0 Å². The van der Waals surface area contributed by atoms with Gasteiger partial charge in [0, 0.05) is 18.8 Å². The summed E-state index contributed by atoms with van der Waals surface area (Å²) in [6.45, 7) is 1.65. The maximum Gasteiger partial charge on any atom is 0.258 e. The van der Waals surface area contributed by atoms with E-state index >= 15 is 0 Å². The van der Waals surface area contributed by atoms with Crippen molar-refractivity contribution in [3.8, 4) is 0 Å². The molecular weight excluding hydrogens is 245 g/mol. The first-order valence-electron chi connectivity index (χ1n) is 5.74. The minimum absolute atomic E-state index is 0.279. The summed E-state index contributed by atoms with van der Waals surface area (Å²) in [5.74, 6) is -0.723. The lowest BCUT2D eigenvalue weighted by Crippen LogP contribution is -2.27. The molecule has 0 spiro atoms. The van der Waals surface area contributed by atoms with Crippen LogP contribution in [0.4, 0.5) is 15.8 Å². The number of carbonyl (C=O) groups is 1. The molecular formula is C14H14FN3O. The van der Waals surface area contributed by atoms with Gasteiger partial charge in [-0.2, -0.15) is 0 Å². The molecule has 1 amide bonds. The zero-order valence-corrected chi connectivity index (χ0v) is 10.7. The summed E-state index contributed by atoms with van der Waals surface area (Å²) < 4.78 is 13.5. The fourth-order valence-electron chi connectivity index (χ4n) is 1.73. The molecule has 5 heteroatoms. The molecule has 0 unspecified atom stereocenters. The van der Waals surface area contributed by atoms with Crippen LogP contribution in [0.1, 0.15) is 15.9 Å². The Bertz CT molecular complexity index is 628. The Labute approximate surface area is 110 Å². The van der Waals surface area contributed by atoms with Crippen molar-refractivity contribution < 1.29 is 9.18 Å². The summed E-state index contributed by atoms with van der Waals surface area (Å²) in [6.07, 6.45) is 3.01. The zero-order valence-electron chi connectivity index (χ0n) is 10.7. The van der Waals surface area contributed by atoms with Crippen molar-refractivity contribution in [2.75, 3.05) is 17.7 Å². The number of aryl methyl sites for hydroxylation is 1. The fourth-order valence-corrected chi connectivity index (χ4v) is 1.73. The quantitative estimate of drug-likeness (QED) is 0.900. The number of benzene rings is 1. The van der Waals surface area contributed by atoms with E-state index < -0.39 is 5.82 Å². The van der Waals surface area contributed by atoms with Crippen LogP contribution in [0.2, 0.25) is 0 Å². The second-order valence-electron chi connectivity index (χ2n) is 4.26. The topological polar surface area (TPSA) is 59.2 Å². The van der Waals surface area contributed by atoms with Gasteiger partial charge in [0.1, 0.15) is 5.82 Å². The molecule has 0 atom stereocenters. The number of nitrogens with two attached hydrogens (primary N) is 1. The molecule has 98 valence electrons. The molecule has 0 saturated heterocycles. The molecule has 4 nitrogen and oxygen atoms in total. The maximum absolute atomic E-state index is 13.5. The van der Waals surface area contributed by atoms with Crippen molar-refractivity contribution in [1.82, 2.24) is 4.98 Å². The summed E-state index contributed by atoms with van der Waals surface area (Å²) in [6, 6.07) is 6.03. The summed E-state index contributed by atoms with van der Waals surface area (Å²) >= 11 is 0. The van der Waals surface area contributed by atoms with Crippen molar-refractivity contribution in [3.63, 3.8) is 0 Å². The Hall–Kier alpha value is -2.43.